The van der Waals surface area contributed by atoms with Gasteiger partial charge in [0.15, 0.2) is 0 Å². The zero-order valence-electron chi connectivity index (χ0n) is 12.2. The van der Waals surface area contributed by atoms with E-state index in [1.807, 2.05) is 20.8 Å². The van der Waals surface area contributed by atoms with Crippen molar-refractivity contribution in [3.05, 3.63) is 18.6 Å². The predicted octanol–water partition coefficient (Wildman–Crippen LogP) is 2.97. The van der Waals surface area contributed by atoms with Crippen LogP contribution in [-0.4, -0.2) is 44.9 Å². The number of carbonyl (C=O) groups is 1. The number of aromatic nitrogens is 2. The van der Waals surface area contributed by atoms with E-state index in [-0.39, 0.29) is 6.09 Å². The minimum Gasteiger partial charge on any atom is -0.444 e. The van der Waals surface area contributed by atoms with E-state index in [9.17, 15) is 4.79 Å². The summed E-state index contributed by atoms with van der Waals surface area (Å²) in [6.07, 6.45) is 6.87. The van der Waals surface area contributed by atoms with Gasteiger partial charge in [-0.15, -0.1) is 11.8 Å². The van der Waals surface area contributed by atoms with Gasteiger partial charge in [-0.1, -0.05) is 0 Å². The number of rotatable bonds is 2. The molecule has 20 heavy (non-hydrogen) atoms. The number of piperidine rings is 1. The summed E-state index contributed by atoms with van der Waals surface area (Å²) in [5.41, 5.74) is -0.428. The summed E-state index contributed by atoms with van der Waals surface area (Å²) >= 11 is 1.74. The van der Waals surface area contributed by atoms with Gasteiger partial charge in [0.25, 0.3) is 0 Å². The monoisotopic (exact) mass is 295 g/mol. The van der Waals surface area contributed by atoms with E-state index < -0.39 is 5.60 Å². The lowest BCUT2D eigenvalue weighted by Crippen LogP contribution is -2.42. The second-order valence-electron chi connectivity index (χ2n) is 5.83. The normalized spacial score (nSPS) is 17.1. The average Bonchev–Trinajstić information content (AvgIpc) is 2.39. The maximum atomic E-state index is 12.0. The molecule has 0 unspecified atom stereocenters. The number of hydrogen-bond donors (Lipinski definition) is 0. The van der Waals surface area contributed by atoms with Crippen molar-refractivity contribution in [2.24, 2.45) is 0 Å². The van der Waals surface area contributed by atoms with Gasteiger partial charge in [0, 0.05) is 30.7 Å². The van der Waals surface area contributed by atoms with E-state index >= 15 is 0 Å². The van der Waals surface area contributed by atoms with Crippen molar-refractivity contribution < 1.29 is 9.53 Å². The number of ether oxygens (including phenoxy) is 1. The first-order valence-corrected chi connectivity index (χ1v) is 7.72. The van der Waals surface area contributed by atoms with E-state index in [1.54, 1.807) is 35.3 Å². The molecule has 1 aliphatic heterocycles. The lowest BCUT2D eigenvalue weighted by atomic mass is 10.1. The van der Waals surface area contributed by atoms with Crippen molar-refractivity contribution in [1.82, 2.24) is 14.9 Å². The van der Waals surface area contributed by atoms with Crippen molar-refractivity contribution in [2.45, 2.75) is 49.5 Å². The van der Waals surface area contributed by atoms with Crippen molar-refractivity contribution in [3.8, 4) is 0 Å². The second-order valence-corrected chi connectivity index (χ2v) is 7.15. The van der Waals surface area contributed by atoms with Gasteiger partial charge in [0.05, 0.1) is 6.20 Å². The highest BCUT2D eigenvalue weighted by Crippen LogP contribution is 2.28. The van der Waals surface area contributed by atoms with Gasteiger partial charge in [-0.05, 0) is 33.6 Å². The van der Waals surface area contributed by atoms with E-state index in [1.165, 1.54) is 0 Å². The van der Waals surface area contributed by atoms with Crippen LogP contribution in [0.25, 0.3) is 0 Å². The Balaban J connectivity index is 1.79. The smallest absolute Gasteiger partial charge is 0.410 e. The highest BCUT2D eigenvalue weighted by atomic mass is 32.2. The number of hydrogen-bond acceptors (Lipinski definition) is 5. The van der Waals surface area contributed by atoms with Crippen molar-refractivity contribution in [3.63, 3.8) is 0 Å². The number of carbonyl (C=O) groups excluding carboxylic acids is 1. The zero-order chi connectivity index (χ0) is 14.6. The quantitative estimate of drug-likeness (QED) is 0.839. The molecule has 0 N–H and O–H groups in total. The first-order valence-electron chi connectivity index (χ1n) is 6.84. The summed E-state index contributed by atoms with van der Waals surface area (Å²) < 4.78 is 5.39. The molecule has 1 aromatic rings. The fourth-order valence-electron chi connectivity index (χ4n) is 2.00. The molecule has 0 atom stereocenters. The molecule has 5 nitrogen and oxygen atoms in total. The number of thioether (sulfide) groups is 1. The van der Waals surface area contributed by atoms with Crippen LogP contribution in [0.1, 0.15) is 33.6 Å². The minimum absolute atomic E-state index is 0.208. The number of nitrogens with zero attached hydrogens (tertiary/aromatic N) is 3. The van der Waals surface area contributed by atoms with Crippen LogP contribution in [0.3, 0.4) is 0 Å². The number of amides is 1. The molecule has 0 bridgehead atoms. The van der Waals surface area contributed by atoms with Gasteiger partial charge in [-0.2, -0.15) is 0 Å². The third-order valence-electron chi connectivity index (χ3n) is 2.92. The van der Waals surface area contributed by atoms with Crippen molar-refractivity contribution in [1.29, 1.82) is 0 Å². The van der Waals surface area contributed by atoms with E-state index in [2.05, 4.69) is 9.97 Å². The van der Waals surface area contributed by atoms with Crippen LogP contribution in [0, 0.1) is 0 Å². The van der Waals surface area contributed by atoms with Crippen LogP contribution in [0.5, 0.6) is 0 Å². The highest BCUT2D eigenvalue weighted by molar-refractivity contribution is 7.99. The molecule has 1 aromatic heterocycles. The van der Waals surface area contributed by atoms with E-state index in [0.29, 0.717) is 5.25 Å². The Kier molecular flexibility index (Phi) is 4.86. The molecule has 0 spiro atoms. The molecule has 1 fully saturated rings. The Morgan fingerprint density at radius 3 is 2.60 bits per heavy atom. The standard InChI is InChI=1S/C14H21N3O2S/c1-14(2,3)19-13(18)17-8-4-11(5-9-17)20-12-10-15-6-7-16-12/h6-7,10-11H,4-5,8-9H2,1-3H3. The van der Waals surface area contributed by atoms with Gasteiger partial charge in [-0.3, -0.25) is 4.98 Å². The largest absolute Gasteiger partial charge is 0.444 e. The first kappa shape index (κ1) is 15.1. The summed E-state index contributed by atoms with van der Waals surface area (Å²) in [6.45, 7) is 7.16. The Morgan fingerprint density at radius 2 is 2.05 bits per heavy atom. The maximum absolute atomic E-state index is 12.0. The van der Waals surface area contributed by atoms with Crippen molar-refractivity contribution >= 4 is 17.9 Å². The fraction of sp³-hybridized carbons (Fsp3) is 0.643. The third kappa shape index (κ3) is 4.67. The lowest BCUT2D eigenvalue weighted by Gasteiger charge is -2.33. The number of likely N-dealkylation sites (tertiary alicyclic amines) is 1. The van der Waals surface area contributed by atoms with Gasteiger partial charge in [-0.25, -0.2) is 9.78 Å². The molecule has 0 saturated carbocycles. The average molecular weight is 295 g/mol. The summed E-state index contributed by atoms with van der Waals surface area (Å²) in [7, 11) is 0. The maximum Gasteiger partial charge on any atom is 0.410 e. The van der Waals surface area contributed by atoms with Crippen molar-refractivity contribution in [2.75, 3.05) is 13.1 Å². The lowest BCUT2D eigenvalue weighted by molar-refractivity contribution is 0.0219. The molecule has 0 radical (unpaired) electrons. The first-order chi connectivity index (χ1) is 9.44. The van der Waals surface area contributed by atoms with Crippen LogP contribution in [0.2, 0.25) is 0 Å². The van der Waals surface area contributed by atoms with Crippen LogP contribution >= 0.6 is 11.8 Å². The molecular weight excluding hydrogens is 274 g/mol. The van der Waals surface area contributed by atoms with Crippen LogP contribution in [-0.2, 0) is 4.74 Å². The summed E-state index contributed by atoms with van der Waals surface area (Å²) in [5.74, 6) is 0. The van der Waals surface area contributed by atoms with Gasteiger partial charge in [0.2, 0.25) is 0 Å². The fourth-order valence-corrected chi connectivity index (χ4v) is 3.03. The molecule has 1 saturated heterocycles. The van der Waals surface area contributed by atoms with Crippen LogP contribution in [0.4, 0.5) is 4.79 Å². The molecule has 6 heteroatoms. The molecule has 0 aromatic carbocycles. The van der Waals surface area contributed by atoms with Gasteiger partial charge in [0.1, 0.15) is 10.6 Å². The topological polar surface area (TPSA) is 55.3 Å². The molecule has 1 amide bonds. The third-order valence-corrected chi connectivity index (χ3v) is 4.18. The zero-order valence-corrected chi connectivity index (χ0v) is 13.0. The molecule has 2 heterocycles. The van der Waals surface area contributed by atoms with Gasteiger partial charge < -0.3 is 9.64 Å². The molecule has 2 rings (SSSR count). The Morgan fingerprint density at radius 1 is 1.35 bits per heavy atom. The Hall–Kier alpha value is -1.30. The summed E-state index contributed by atoms with van der Waals surface area (Å²) in [6, 6.07) is 0. The van der Waals surface area contributed by atoms with E-state index in [4.69, 9.17) is 4.74 Å². The molecule has 110 valence electrons. The predicted molar refractivity (Wildman–Crippen MR) is 78.7 cm³/mol. The Bertz CT molecular complexity index is 439. The summed E-state index contributed by atoms with van der Waals surface area (Å²) in [4.78, 5) is 22.1. The molecular formula is C14H21N3O2S. The SMILES string of the molecule is CC(C)(C)OC(=O)N1CCC(Sc2cnccn2)CC1. The molecule has 1 aliphatic rings. The Labute approximate surface area is 124 Å². The van der Waals surface area contributed by atoms with E-state index in [0.717, 1.165) is 31.0 Å². The summed E-state index contributed by atoms with van der Waals surface area (Å²) in [5, 5.41) is 1.44. The van der Waals surface area contributed by atoms with Crippen LogP contribution in [0.15, 0.2) is 23.6 Å². The van der Waals surface area contributed by atoms with Crippen LogP contribution < -0.4 is 0 Å². The minimum atomic E-state index is -0.428. The second kappa shape index (κ2) is 6.43. The highest BCUT2D eigenvalue weighted by Gasteiger charge is 2.27. The molecule has 0 aliphatic carbocycles. The van der Waals surface area contributed by atoms with Gasteiger partial charge >= 0.3 is 6.09 Å².